The Hall–Kier alpha value is -3.24. The number of anilines is 1. The zero-order valence-corrected chi connectivity index (χ0v) is 15.5. The molecule has 1 N–H and O–H groups in total. The predicted octanol–water partition coefficient (Wildman–Crippen LogP) is 5.70. The van der Waals surface area contributed by atoms with Gasteiger partial charge in [-0.2, -0.15) is 5.10 Å². The Kier molecular flexibility index (Phi) is 4.81. The van der Waals surface area contributed by atoms with Crippen LogP contribution in [0.4, 0.5) is 5.82 Å². The van der Waals surface area contributed by atoms with Crippen molar-refractivity contribution in [1.82, 2.24) is 9.97 Å². The summed E-state index contributed by atoms with van der Waals surface area (Å²) in [5.74, 6) is 1.31. The van der Waals surface area contributed by atoms with Crippen LogP contribution in [0, 0.1) is 6.92 Å². The maximum atomic E-state index is 6.17. The number of halogens is 1. The summed E-state index contributed by atoms with van der Waals surface area (Å²) in [6.07, 6.45) is 1.69. The van der Waals surface area contributed by atoms with E-state index in [2.05, 4.69) is 34.6 Å². The number of hydrogen-bond donors (Lipinski definition) is 1. The molecule has 0 radical (unpaired) electrons. The van der Waals surface area contributed by atoms with E-state index in [9.17, 15) is 0 Å². The molecule has 1 heterocycles. The van der Waals surface area contributed by atoms with Gasteiger partial charge in [-0.25, -0.2) is 9.97 Å². The molecule has 3 aromatic carbocycles. The molecule has 5 heteroatoms. The van der Waals surface area contributed by atoms with E-state index in [4.69, 9.17) is 16.6 Å². The Bertz CT molecular complexity index is 1120. The third kappa shape index (κ3) is 3.81. The van der Waals surface area contributed by atoms with Crippen LogP contribution in [0.2, 0.25) is 5.02 Å². The van der Waals surface area contributed by atoms with E-state index < -0.39 is 0 Å². The van der Waals surface area contributed by atoms with Crippen LogP contribution in [-0.4, -0.2) is 16.2 Å². The number of nitrogens with zero attached hydrogens (tertiary/aromatic N) is 3. The van der Waals surface area contributed by atoms with E-state index >= 15 is 0 Å². The summed E-state index contributed by atoms with van der Waals surface area (Å²) in [5, 5.41) is 5.88. The van der Waals surface area contributed by atoms with Crippen molar-refractivity contribution in [2.24, 2.45) is 5.10 Å². The average Bonchev–Trinajstić information content (AvgIpc) is 2.70. The fraction of sp³-hybridized carbons (Fsp3) is 0.0455. The quantitative estimate of drug-likeness (QED) is 0.369. The number of hydrogen-bond acceptors (Lipinski definition) is 4. The number of aromatic nitrogens is 2. The van der Waals surface area contributed by atoms with Crippen molar-refractivity contribution in [3.63, 3.8) is 0 Å². The van der Waals surface area contributed by atoms with Gasteiger partial charge in [0.25, 0.3) is 0 Å². The van der Waals surface area contributed by atoms with Gasteiger partial charge < -0.3 is 0 Å². The van der Waals surface area contributed by atoms with Gasteiger partial charge in [0.05, 0.1) is 11.7 Å². The summed E-state index contributed by atoms with van der Waals surface area (Å²) in [7, 11) is 0. The van der Waals surface area contributed by atoms with Gasteiger partial charge in [-0.1, -0.05) is 71.8 Å². The number of rotatable bonds is 4. The molecule has 0 atom stereocenters. The first-order chi connectivity index (χ1) is 13.2. The molecule has 0 saturated heterocycles. The molecule has 4 rings (SSSR count). The van der Waals surface area contributed by atoms with Crippen molar-refractivity contribution in [3.8, 4) is 11.4 Å². The number of para-hydroxylation sites is 1. The van der Waals surface area contributed by atoms with E-state index in [-0.39, 0.29) is 0 Å². The lowest BCUT2D eigenvalue weighted by atomic mass is 10.1. The Labute approximate surface area is 162 Å². The monoisotopic (exact) mass is 372 g/mol. The molecule has 4 nitrogen and oxygen atoms in total. The molecule has 132 valence electrons. The Morgan fingerprint density at radius 2 is 1.63 bits per heavy atom. The van der Waals surface area contributed by atoms with Crippen LogP contribution >= 0.6 is 11.6 Å². The van der Waals surface area contributed by atoms with E-state index in [1.165, 1.54) is 5.56 Å². The second kappa shape index (κ2) is 7.56. The maximum Gasteiger partial charge on any atom is 0.162 e. The van der Waals surface area contributed by atoms with Crippen molar-refractivity contribution in [2.75, 3.05) is 5.43 Å². The van der Waals surface area contributed by atoms with Crippen LogP contribution in [0.5, 0.6) is 0 Å². The van der Waals surface area contributed by atoms with Gasteiger partial charge in [0.2, 0.25) is 0 Å². The van der Waals surface area contributed by atoms with Gasteiger partial charge >= 0.3 is 0 Å². The van der Waals surface area contributed by atoms with Crippen molar-refractivity contribution in [2.45, 2.75) is 6.92 Å². The molecular formula is C22H17ClN4. The highest BCUT2D eigenvalue weighted by Gasteiger charge is 2.08. The summed E-state index contributed by atoms with van der Waals surface area (Å²) in [6, 6.07) is 23.6. The highest BCUT2D eigenvalue weighted by Crippen LogP contribution is 2.25. The molecule has 4 aromatic rings. The molecule has 0 saturated carbocycles. The Morgan fingerprint density at radius 3 is 2.44 bits per heavy atom. The van der Waals surface area contributed by atoms with Crippen LogP contribution in [0.3, 0.4) is 0 Å². The highest BCUT2D eigenvalue weighted by molar-refractivity contribution is 6.33. The molecule has 1 aromatic heterocycles. The van der Waals surface area contributed by atoms with Gasteiger partial charge in [0.1, 0.15) is 0 Å². The van der Waals surface area contributed by atoms with Gasteiger partial charge in [0.15, 0.2) is 11.6 Å². The standard InChI is InChI=1S/C22H17ClN4/c1-15-10-12-16(13-11-15)21-25-20-9-5-3-7-18(20)22(26-21)27-24-14-17-6-2-4-8-19(17)23/h2-14H,1H3,(H,25,26,27)/b24-14+. The SMILES string of the molecule is Cc1ccc(-c2nc(N/N=C/c3ccccc3Cl)c3ccccc3n2)cc1. The summed E-state index contributed by atoms with van der Waals surface area (Å²) in [5.41, 5.74) is 6.90. The van der Waals surface area contributed by atoms with Gasteiger partial charge in [-0.15, -0.1) is 0 Å². The zero-order valence-electron chi connectivity index (χ0n) is 14.7. The van der Waals surface area contributed by atoms with Crippen LogP contribution < -0.4 is 5.43 Å². The first kappa shape index (κ1) is 17.2. The molecule has 0 amide bonds. The molecular weight excluding hydrogens is 356 g/mol. The lowest BCUT2D eigenvalue weighted by Gasteiger charge is -2.08. The van der Waals surface area contributed by atoms with E-state index in [0.29, 0.717) is 16.7 Å². The predicted molar refractivity (Wildman–Crippen MR) is 112 cm³/mol. The third-order valence-corrected chi connectivity index (χ3v) is 4.54. The van der Waals surface area contributed by atoms with Crippen molar-refractivity contribution < 1.29 is 0 Å². The highest BCUT2D eigenvalue weighted by atomic mass is 35.5. The van der Waals surface area contributed by atoms with Gasteiger partial charge in [-0.3, -0.25) is 5.43 Å². The Morgan fingerprint density at radius 1 is 0.889 bits per heavy atom. The zero-order chi connectivity index (χ0) is 18.6. The summed E-state index contributed by atoms with van der Waals surface area (Å²) >= 11 is 6.17. The van der Waals surface area contributed by atoms with Crippen molar-refractivity contribution in [1.29, 1.82) is 0 Å². The first-order valence-electron chi connectivity index (χ1n) is 8.58. The molecule has 0 bridgehead atoms. The van der Waals surface area contributed by atoms with Crippen LogP contribution in [0.1, 0.15) is 11.1 Å². The van der Waals surface area contributed by atoms with E-state index in [1.54, 1.807) is 6.21 Å². The molecule has 0 aliphatic carbocycles. The van der Waals surface area contributed by atoms with Gasteiger partial charge in [0, 0.05) is 21.5 Å². The molecule has 0 fully saturated rings. The average molecular weight is 373 g/mol. The number of aryl methyl sites for hydroxylation is 1. The topological polar surface area (TPSA) is 50.2 Å². The minimum absolute atomic E-state index is 0.649. The largest absolute Gasteiger partial charge is 0.261 e. The number of benzene rings is 3. The fourth-order valence-electron chi connectivity index (χ4n) is 2.74. The van der Waals surface area contributed by atoms with Crippen molar-refractivity contribution >= 4 is 34.5 Å². The van der Waals surface area contributed by atoms with Crippen LogP contribution in [0.25, 0.3) is 22.3 Å². The summed E-state index contributed by atoms with van der Waals surface area (Å²) in [4.78, 5) is 9.38. The smallest absolute Gasteiger partial charge is 0.162 e. The van der Waals surface area contributed by atoms with E-state index in [1.807, 2.05) is 60.7 Å². The molecule has 27 heavy (non-hydrogen) atoms. The van der Waals surface area contributed by atoms with Gasteiger partial charge in [-0.05, 0) is 25.1 Å². The summed E-state index contributed by atoms with van der Waals surface area (Å²) < 4.78 is 0. The Balaban J connectivity index is 1.72. The molecule has 0 unspecified atom stereocenters. The number of fused-ring (bicyclic) bond motifs is 1. The minimum Gasteiger partial charge on any atom is -0.261 e. The number of nitrogens with one attached hydrogen (secondary N) is 1. The second-order valence-electron chi connectivity index (χ2n) is 6.17. The number of hydrazone groups is 1. The molecule has 0 aliphatic rings. The third-order valence-electron chi connectivity index (χ3n) is 4.19. The second-order valence-corrected chi connectivity index (χ2v) is 6.58. The summed E-state index contributed by atoms with van der Waals surface area (Å²) in [6.45, 7) is 2.06. The van der Waals surface area contributed by atoms with Crippen LogP contribution in [0.15, 0.2) is 77.9 Å². The lowest BCUT2D eigenvalue weighted by molar-refractivity contribution is 1.19. The molecule has 0 aliphatic heterocycles. The van der Waals surface area contributed by atoms with Crippen LogP contribution in [-0.2, 0) is 0 Å². The maximum absolute atomic E-state index is 6.17. The minimum atomic E-state index is 0.649. The van der Waals surface area contributed by atoms with E-state index in [0.717, 1.165) is 22.0 Å². The lowest BCUT2D eigenvalue weighted by Crippen LogP contribution is -1.99. The normalized spacial score (nSPS) is 11.2. The fourth-order valence-corrected chi connectivity index (χ4v) is 2.92. The van der Waals surface area contributed by atoms with Crippen molar-refractivity contribution in [3.05, 3.63) is 88.9 Å². The first-order valence-corrected chi connectivity index (χ1v) is 8.96. The molecule has 0 spiro atoms.